The molecule has 4 heterocycles. The summed E-state index contributed by atoms with van der Waals surface area (Å²) in [5.41, 5.74) is 13.3. The van der Waals surface area contributed by atoms with E-state index in [2.05, 4.69) is 143 Å². The van der Waals surface area contributed by atoms with E-state index in [1.807, 2.05) is 34.8 Å². The van der Waals surface area contributed by atoms with Gasteiger partial charge in [-0.1, -0.05) is 160 Å². The third-order valence-corrected chi connectivity index (χ3v) is 19.0. The first-order valence-electron chi connectivity index (χ1n) is 26.0. The second kappa shape index (κ2) is 16.7. The average molecular weight is 973 g/mol. The van der Waals surface area contributed by atoms with Gasteiger partial charge in [-0.3, -0.25) is 0 Å². The molecule has 4 aromatic heterocycles. The quantitative estimate of drug-likeness (QED) is 0.157. The molecule has 2 saturated carbocycles. The lowest BCUT2D eigenvalue weighted by molar-refractivity contribution is 0.435. The van der Waals surface area contributed by atoms with Crippen LogP contribution in [0.25, 0.3) is 118 Å². The summed E-state index contributed by atoms with van der Waals surface area (Å²) in [6, 6.07) is 59.7. The summed E-state index contributed by atoms with van der Waals surface area (Å²) >= 11 is 3.74. The molecular formula is C66H50F2N2S2. The van der Waals surface area contributed by atoms with Crippen LogP contribution in [0.3, 0.4) is 0 Å². The van der Waals surface area contributed by atoms with Gasteiger partial charge in [0.25, 0.3) is 0 Å². The van der Waals surface area contributed by atoms with Crippen LogP contribution in [-0.4, -0.2) is 9.13 Å². The molecule has 72 heavy (non-hydrogen) atoms. The summed E-state index contributed by atoms with van der Waals surface area (Å²) in [6.07, 6.45) is 11.0. The molecule has 0 amide bonds. The topological polar surface area (TPSA) is 9.86 Å². The van der Waals surface area contributed by atoms with E-state index in [-0.39, 0.29) is 23.5 Å². The largest absolute Gasteiger partial charge is 0.307 e. The fraction of sp³-hybridized carbons (Fsp3) is 0.182. The van der Waals surface area contributed by atoms with Crippen molar-refractivity contribution in [3.8, 4) is 33.6 Å². The highest BCUT2D eigenvalue weighted by molar-refractivity contribution is 7.27. The van der Waals surface area contributed by atoms with Crippen molar-refractivity contribution < 1.29 is 8.78 Å². The van der Waals surface area contributed by atoms with E-state index in [1.54, 1.807) is 24.3 Å². The molecule has 15 rings (SSSR count). The highest BCUT2D eigenvalue weighted by atomic mass is 32.1. The number of rotatable bonds is 6. The summed E-state index contributed by atoms with van der Waals surface area (Å²) in [7, 11) is 0. The van der Waals surface area contributed by atoms with Crippen molar-refractivity contribution in [3.63, 3.8) is 0 Å². The lowest BCUT2D eigenvalue weighted by Gasteiger charge is -2.37. The predicted octanol–water partition coefficient (Wildman–Crippen LogP) is 20.3. The molecule has 0 radical (unpaired) electrons. The number of halogens is 2. The first kappa shape index (κ1) is 42.6. The second-order valence-electron chi connectivity index (χ2n) is 20.5. The number of fused-ring (bicyclic) bond motifs is 14. The maximum absolute atomic E-state index is 16.6. The Morgan fingerprint density at radius 3 is 1.22 bits per heavy atom. The highest BCUT2D eigenvalue weighted by Crippen LogP contribution is 2.57. The van der Waals surface area contributed by atoms with Crippen LogP contribution in [0.4, 0.5) is 8.78 Å². The zero-order valence-corrected chi connectivity index (χ0v) is 41.5. The van der Waals surface area contributed by atoms with Crippen LogP contribution in [0, 0.1) is 11.6 Å². The summed E-state index contributed by atoms with van der Waals surface area (Å²) in [5, 5.41) is 9.78. The Bertz CT molecular complexity index is 4250. The fourth-order valence-corrected chi connectivity index (χ4v) is 16.1. The highest BCUT2D eigenvalue weighted by Gasteiger charge is 2.38. The molecule has 0 spiro atoms. The lowest BCUT2D eigenvalue weighted by Crippen LogP contribution is -2.20. The van der Waals surface area contributed by atoms with Crippen LogP contribution >= 0.6 is 22.7 Å². The molecule has 2 nitrogen and oxygen atoms in total. The van der Waals surface area contributed by atoms with E-state index in [9.17, 15) is 0 Å². The zero-order valence-electron chi connectivity index (χ0n) is 39.9. The molecule has 9 aromatic carbocycles. The molecule has 2 aliphatic carbocycles. The van der Waals surface area contributed by atoms with Gasteiger partial charge in [0.1, 0.15) is 11.6 Å². The van der Waals surface area contributed by atoms with Crippen molar-refractivity contribution >= 4 is 107 Å². The van der Waals surface area contributed by atoms with Gasteiger partial charge in [0.2, 0.25) is 0 Å². The van der Waals surface area contributed by atoms with Gasteiger partial charge in [0, 0.05) is 63.6 Å². The molecule has 350 valence electrons. The first-order chi connectivity index (χ1) is 35.6. The Morgan fingerprint density at radius 2 is 0.764 bits per heavy atom. The molecular weight excluding hydrogens is 923 g/mol. The summed E-state index contributed by atoms with van der Waals surface area (Å²) < 4.78 is 43.4. The van der Waals surface area contributed by atoms with Crippen LogP contribution in [-0.2, 0) is 0 Å². The van der Waals surface area contributed by atoms with Gasteiger partial charge < -0.3 is 9.13 Å². The molecule has 2 aliphatic rings. The van der Waals surface area contributed by atoms with Crippen LogP contribution < -0.4 is 0 Å². The number of thiophene rings is 2. The van der Waals surface area contributed by atoms with Crippen molar-refractivity contribution in [1.82, 2.24) is 9.13 Å². The molecule has 0 bridgehead atoms. The second-order valence-corrected chi connectivity index (χ2v) is 22.6. The Hall–Kier alpha value is -7.12. The lowest BCUT2D eigenvalue weighted by atomic mass is 9.72. The molecule has 0 aliphatic heterocycles. The van der Waals surface area contributed by atoms with Crippen LogP contribution in [0.2, 0.25) is 0 Å². The third kappa shape index (κ3) is 6.34. The van der Waals surface area contributed by atoms with Crippen molar-refractivity contribution in [3.05, 3.63) is 193 Å². The molecule has 0 unspecified atom stereocenters. The predicted molar refractivity (Wildman–Crippen MR) is 303 cm³/mol. The minimum Gasteiger partial charge on any atom is -0.307 e. The number of nitrogens with zero attached hydrogens (tertiary/aromatic N) is 2. The number of hydrogen-bond acceptors (Lipinski definition) is 2. The third-order valence-electron chi connectivity index (χ3n) is 16.6. The minimum absolute atomic E-state index is 0.171. The van der Waals surface area contributed by atoms with Crippen LogP contribution in [0.5, 0.6) is 0 Å². The molecule has 6 heteroatoms. The van der Waals surface area contributed by atoms with Crippen molar-refractivity contribution in [1.29, 1.82) is 0 Å². The van der Waals surface area contributed by atoms with Crippen LogP contribution in [0.1, 0.15) is 87.2 Å². The number of aromatic nitrogens is 2. The summed E-state index contributed by atoms with van der Waals surface area (Å²) in [4.78, 5) is 0. The molecule has 13 aromatic rings. The van der Waals surface area contributed by atoms with Gasteiger partial charge in [-0.2, -0.15) is 0 Å². The Morgan fingerprint density at radius 1 is 0.361 bits per heavy atom. The Balaban J connectivity index is 1.26. The minimum atomic E-state index is -0.267. The van der Waals surface area contributed by atoms with E-state index >= 15 is 8.78 Å². The molecule has 0 N–H and O–H groups in total. The maximum Gasteiger partial charge on any atom is 0.123 e. The SMILES string of the molecule is Fc1cccc(-c2c(C3CCCCC3)c(-n3c4ccccc4c4ccc5c6ccccc6sc5c43)c(C3CCCCC3)c(-c3cccc(F)c3)c2-n2c3ccccc3c3ccc4c5ccccc5sc4c32)c1. The van der Waals surface area contributed by atoms with E-state index < -0.39 is 0 Å². The monoisotopic (exact) mass is 972 g/mol. The van der Waals surface area contributed by atoms with E-state index in [0.29, 0.717) is 0 Å². The van der Waals surface area contributed by atoms with E-state index in [4.69, 9.17) is 0 Å². The van der Waals surface area contributed by atoms with Crippen molar-refractivity contribution in [2.24, 2.45) is 0 Å². The van der Waals surface area contributed by atoms with Crippen LogP contribution in [0.15, 0.2) is 170 Å². The Labute approximate surface area is 424 Å². The number of benzene rings is 9. The Kier molecular flexibility index (Phi) is 9.89. The molecule has 0 atom stereocenters. The maximum atomic E-state index is 16.6. The van der Waals surface area contributed by atoms with Gasteiger partial charge in [-0.25, -0.2) is 8.78 Å². The van der Waals surface area contributed by atoms with Gasteiger partial charge >= 0.3 is 0 Å². The van der Waals surface area contributed by atoms with Crippen molar-refractivity contribution in [2.45, 2.75) is 76.0 Å². The number of hydrogen-bond donors (Lipinski definition) is 0. The molecule has 0 saturated heterocycles. The summed E-state index contributed by atoms with van der Waals surface area (Å²) in [5.74, 6) is -0.192. The molecule has 2 fully saturated rings. The standard InChI is InChI=1S/C66H50F2N2S2/c67-43-23-15-21-41(37-43)59-57(39-17-3-1-4-18-39)63(69-53-29-11-7-25-45(53)49-33-35-51-47-27-9-13-31-55(47)71-65(51)61(49)69)58(40-19-5-2-6-20-40)60(42-22-16-24-44(68)38-42)64(59)70-54-30-12-8-26-46(54)50-34-36-52-48-28-10-14-32-56(48)72-66(52)62(50)70/h7-16,21-40H,1-6,17-20H2. The normalized spacial score (nSPS) is 15.2. The van der Waals surface area contributed by atoms with Gasteiger partial charge in [0.15, 0.2) is 0 Å². The van der Waals surface area contributed by atoms with Gasteiger partial charge in [-0.05, 0) is 108 Å². The fourth-order valence-electron chi connectivity index (χ4n) is 13.6. The zero-order chi connectivity index (χ0) is 47.6. The number of para-hydroxylation sites is 2. The van der Waals surface area contributed by atoms with Crippen molar-refractivity contribution in [2.75, 3.05) is 0 Å². The van der Waals surface area contributed by atoms with E-state index in [1.165, 1.54) is 103 Å². The average Bonchev–Trinajstić information content (AvgIpc) is 4.18. The van der Waals surface area contributed by atoms with Gasteiger partial charge in [-0.15, -0.1) is 22.7 Å². The van der Waals surface area contributed by atoms with Gasteiger partial charge in [0.05, 0.1) is 42.8 Å². The first-order valence-corrected chi connectivity index (χ1v) is 27.7. The van der Waals surface area contributed by atoms with E-state index in [0.717, 1.165) is 90.3 Å². The summed E-state index contributed by atoms with van der Waals surface area (Å²) in [6.45, 7) is 0. The smallest absolute Gasteiger partial charge is 0.123 e.